The average Bonchev–Trinajstić information content (AvgIpc) is 2.38. The molecular formula is C15H16BrN. The van der Waals surface area contributed by atoms with Gasteiger partial charge in [-0.2, -0.15) is 0 Å². The first-order valence-corrected chi connectivity index (χ1v) is 6.63. The molecule has 0 aromatic heterocycles. The van der Waals surface area contributed by atoms with E-state index in [4.69, 9.17) is 0 Å². The molecule has 0 heterocycles. The van der Waals surface area contributed by atoms with Gasteiger partial charge < -0.3 is 5.32 Å². The molecule has 0 aliphatic rings. The number of hydrogen-bond donors (Lipinski definition) is 1. The Morgan fingerprint density at radius 2 is 1.53 bits per heavy atom. The topological polar surface area (TPSA) is 12.0 Å². The molecule has 0 atom stereocenters. The molecule has 0 fully saturated rings. The average molecular weight is 290 g/mol. The maximum absolute atomic E-state index is 3.45. The van der Waals surface area contributed by atoms with Gasteiger partial charge in [-0.25, -0.2) is 0 Å². The van der Waals surface area contributed by atoms with Crippen molar-refractivity contribution in [1.82, 2.24) is 5.32 Å². The zero-order chi connectivity index (χ0) is 11.9. The third-order valence-electron chi connectivity index (χ3n) is 2.68. The van der Waals surface area contributed by atoms with Crippen molar-refractivity contribution in [3.8, 4) is 0 Å². The second kappa shape index (κ2) is 6.58. The van der Waals surface area contributed by atoms with Gasteiger partial charge >= 0.3 is 0 Å². The van der Waals surface area contributed by atoms with Gasteiger partial charge in [0.1, 0.15) is 0 Å². The van der Waals surface area contributed by atoms with E-state index in [9.17, 15) is 0 Å². The van der Waals surface area contributed by atoms with Crippen LogP contribution >= 0.6 is 15.9 Å². The quantitative estimate of drug-likeness (QED) is 0.826. The highest BCUT2D eigenvalue weighted by Gasteiger charge is 1.94. The molecule has 88 valence electrons. The second-order valence-corrected chi connectivity index (χ2v) is 4.95. The summed E-state index contributed by atoms with van der Waals surface area (Å²) in [6, 6.07) is 19.0. The number of halogens is 1. The summed E-state index contributed by atoms with van der Waals surface area (Å²) >= 11 is 3.44. The van der Waals surface area contributed by atoms with Crippen LogP contribution in [0, 0.1) is 0 Å². The molecule has 0 spiro atoms. The van der Waals surface area contributed by atoms with Gasteiger partial charge in [-0.1, -0.05) is 58.4 Å². The Labute approximate surface area is 111 Å². The minimum atomic E-state index is 0.931. The fourth-order valence-corrected chi connectivity index (χ4v) is 1.98. The lowest BCUT2D eigenvalue weighted by Gasteiger charge is -2.05. The van der Waals surface area contributed by atoms with E-state index in [1.54, 1.807) is 0 Å². The van der Waals surface area contributed by atoms with E-state index in [2.05, 4.69) is 75.8 Å². The SMILES string of the molecule is Brc1ccc(CNCCc2ccccc2)cc1. The van der Waals surface area contributed by atoms with E-state index in [1.165, 1.54) is 11.1 Å². The highest BCUT2D eigenvalue weighted by Crippen LogP contribution is 2.10. The maximum Gasteiger partial charge on any atom is 0.0205 e. The zero-order valence-electron chi connectivity index (χ0n) is 9.70. The van der Waals surface area contributed by atoms with E-state index in [0.29, 0.717) is 0 Å². The third-order valence-corrected chi connectivity index (χ3v) is 3.20. The standard InChI is InChI=1S/C15H16BrN/c16-15-8-6-14(7-9-15)12-17-11-10-13-4-2-1-3-5-13/h1-9,17H,10-12H2. The second-order valence-electron chi connectivity index (χ2n) is 4.04. The van der Waals surface area contributed by atoms with E-state index in [0.717, 1.165) is 24.0 Å². The van der Waals surface area contributed by atoms with Gasteiger partial charge in [-0.3, -0.25) is 0 Å². The summed E-state index contributed by atoms with van der Waals surface area (Å²) in [4.78, 5) is 0. The van der Waals surface area contributed by atoms with Gasteiger partial charge in [0.05, 0.1) is 0 Å². The van der Waals surface area contributed by atoms with Gasteiger partial charge in [-0.15, -0.1) is 0 Å². The molecule has 0 unspecified atom stereocenters. The van der Waals surface area contributed by atoms with Gasteiger partial charge in [0.15, 0.2) is 0 Å². The van der Waals surface area contributed by atoms with E-state index in [-0.39, 0.29) is 0 Å². The summed E-state index contributed by atoms with van der Waals surface area (Å²) in [6.45, 7) is 1.94. The largest absolute Gasteiger partial charge is 0.312 e. The van der Waals surface area contributed by atoms with Crippen LogP contribution in [0.1, 0.15) is 11.1 Å². The van der Waals surface area contributed by atoms with Crippen LogP contribution in [-0.4, -0.2) is 6.54 Å². The Morgan fingerprint density at radius 1 is 0.824 bits per heavy atom. The first-order chi connectivity index (χ1) is 8.34. The Hall–Kier alpha value is -1.12. The number of hydrogen-bond acceptors (Lipinski definition) is 1. The highest BCUT2D eigenvalue weighted by molar-refractivity contribution is 9.10. The molecule has 2 aromatic rings. The molecular weight excluding hydrogens is 274 g/mol. The van der Waals surface area contributed by atoms with Crippen LogP contribution < -0.4 is 5.32 Å². The Morgan fingerprint density at radius 3 is 2.24 bits per heavy atom. The van der Waals surface area contributed by atoms with Crippen LogP contribution in [0.5, 0.6) is 0 Å². The summed E-state index contributed by atoms with van der Waals surface area (Å²) in [5.74, 6) is 0. The van der Waals surface area contributed by atoms with Crippen molar-refractivity contribution in [1.29, 1.82) is 0 Å². The smallest absolute Gasteiger partial charge is 0.0205 e. The molecule has 2 heteroatoms. The fraction of sp³-hybridized carbons (Fsp3) is 0.200. The summed E-state index contributed by atoms with van der Waals surface area (Å²) in [5.41, 5.74) is 2.71. The van der Waals surface area contributed by atoms with Crippen molar-refractivity contribution in [3.05, 3.63) is 70.2 Å². The first-order valence-electron chi connectivity index (χ1n) is 5.84. The summed E-state index contributed by atoms with van der Waals surface area (Å²) in [6.07, 6.45) is 1.08. The van der Waals surface area contributed by atoms with Crippen molar-refractivity contribution in [3.63, 3.8) is 0 Å². The molecule has 0 bridgehead atoms. The van der Waals surface area contributed by atoms with Crippen molar-refractivity contribution in [2.75, 3.05) is 6.54 Å². The predicted molar refractivity (Wildman–Crippen MR) is 76.0 cm³/mol. The van der Waals surface area contributed by atoms with Gasteiger partial charge in [0, 0.05) is 11.0 Å². The Kier molecular flexibility index (Phi) is 4.77. The number of nitrogens with one attached hydrogen (secondary N) is 1. The molecule has 0 amide bonds. The van der Waals surface area contributed by atoms with E-state index < -0.39 is 0 Å². The summed E-state index contributed by atoms with van der Waals surface area (Å²) < 4.78 is 1.13. The van der Waals surface area contributed by atoms with Crippen molar-refractivity contribution >= 4 is 15.9 Å². The van der Waals surface area contributed by atoms with Crippen molar-refractivity contribution < 1.29 is 0 Å². The molecule has 0 aliphatic heterocycles. The Bertz CT molecular complexity index is 436. The molecule has 2 rings (SSSR count). The maximum atomic E-state index is 3.45. The van der Waals surface area contributed by atoms with Gasteiger partial charge in [0.2, 0.25) is 0 Å². The third kappa shape index (κ3) is 4.33. The lowest BCUT2D eigenvalue weighted by atomic mass is 10.1. The minimum Gasteiger partial charge on any atom is -0.312 e. The van der Waals surface area contributed by atoms with E-state index >= 15 is 0 Å². The van der Waals surface area contributed by atoms with E-state index in [1.807, 2.05) is 0 Å². The molecule has 2 aromatic carbocycles. The van der Waals surface area contributed by atoms with Crippen LogP contribution in [-0.2, 0) is 13.0 Å². The normalized spacial score (nSPS) is 10.4. The summed E-state index contributed by atoms with van der Waals surface area (Å²) in [7, 11) is 0. The van der Waals surface area contributed by atoms with Crippen molar-refractivity contribution in [2.45, 2.75) is 13.0 Å². The first kappa shape index (κ1) is 12.3. The monoisotopic (exact) mass is 289 g/mol. The molecule has 0 radical (unpaired) electrons. The van der Waals surface area contributed by atoms with Crippen LogP contribution in [0.2, 0.25) is 0 Å². The molecule has 1 nitrogen and oxygen atoms in total. The van der Waals surface area contributed by atoms with Crippen LogP contribution in [0.15, 0.2) is 59.1 Å². The molecule has 0 saturated heterocycles. The molecule has 0 aliphatic carbocycles. The van der Waals surface area contributed by atoms with Crippen LogP contribution in [0.3, 0.4) is 0 Å². The highest BCUT2D eigenvalue weighted by atomic mass is 79.9. The molecule has 0 saturated carbocycles. The summed E-state index contributed by atoms with van der Waals surface area (Å²) in [5, 5.41) is 3.45. The number of benzene rings is 2. The fourth-order valence-electron chi connectivity index (χ4n) is 1.71. The lowest BCUT2D eigenvalue weighted by molar-refractivity contribution is 0.687. The van der Waals surface area contributed by atoms with Gasteiger partial charge in [-0.05, 0) is 36.2 Å². The lowest BCUT2D eigenvalue weighted by Crippen LogP contribution is -2.16. The molecule has 1 N–H and O–H groups in total. The Balaban J connectivity index is 1.71. The van der Waals surface area contributed by atoms with Crippen LogP contribution in [0.4, 0.5) is 0 Å². The van der Waals surface area contributed by atoms with Gasteiger partial charge in [0.25, 0.3) is 0 Å². The number of rotatable bonds is 5. The predicted octanol–water partition coefficient (Wildman–Crippen LogP) is 3.78. The van der Waals surface area contributed by atoms with Crippen molar-refractivity contribution in [2.24, 2.45) is 0 Å². The zero-order valence-corrected chi connectivity index (χ0v) is 11.3. The minimum absolute atomic E-state index is 0.931. The van der Waals surface area contributed by atoms with Crippen LogP contribution in [0.25, 0.3) is 0 Å². The molecule has 17 heavy (non-hydrogen) atoms.